The van der Waals surface area contributed by atoms with E-state index in [0.29, 0.717) is 5.41 Å². The maximum atomic E-state index is 6.05. The van der Waals surface area contributed by atoms with Gasteiger partial charge in [0, 0.05) is 52.0 Å². The van der Waals surface area contributed by atoms with Gasteiger partial charge in [-0.25, -0.2) is 0 Å². The first-order valence-corrected chi connectivity index (χ1v) is 7.56. The number of ether oxygens (including phenoxy) is 1. The quantitative estimate of drug-likeness (QED) is 0.793. The first kappa shape index (κ1) is 12.9. The predicted molar refractivity (Wildman–Crippen MR) is 72.6 cm³/mol. The fourth-order valence-electron chi connectivity index (χ4n) is 3.43. The van der Waals surface area contributed by atoms with Gasteiger partial charge < -0.3 is 15.4 Å². The van der Waals surface area contributed by atoms with Crippen molar-refractivity contribution in [2.45, 2.75) is 31.7 Å². The normalized spacial score (nSPS) is 30.5. The van der Waals surface area contributed by atoms with Crippen molar-refractivity contribution in [3.8, 4) is 0 Å². The summed E-state index contributed by atoms with van der Waals surface area (Å²) in [6.45, 7) is 8.81. The summed E-state index contributed by atoms with van der Waals surface area (Å²) in [7, 11) is 0. The predicted octanol–water partition coefficient (Wildman–Crippen LogP) is 0.522. The maximum absolute atomic E-state index is 6.05. The lowest BCUT2D eigenvalue weighted by Crippen LogP contribution is -2.53. The second-order valence-corrected chi connectivity index (χ2v) is 6.36. The van der Waals surface area contributed by atoms with Crippen LogP contribution in [0, 0.1) is 5.41 Å². The summed E-state index contributed by atoms with van der Waals surface area (Å²) in [5.74, 6) is 0. The van der Waals surface area contributed by atoms with E-state index in [1.54, 1.807) is 0 Å². The molecular formula is C14H27N3O. The minimum absolute atomic E-state index is 0.333. The van der Waals surface area contributed by atoms with Crippen LogP contribution in [0.5, 0.6) is 0 Å². The Balaban J connectivity index is 1.49. The fraction of sp³-hybridized carbons (Fsp3) is 1.00. The minimum atomic E-state index is 0.333. The van der Waals surface area contributed by atoms with E-state index in [1.165, 1.54) is 45.6 Å². The molecule has 0 aromatic carbocycles. The Morgan fingerprint density at radius 2 is 1.72 bits per heavy atom. The van der Waals surface area contributed by atoms with Gasteiger partial charge in [0.25, 0.3) is 0 Å². The highest BCUT2D eigenvalue weighted by Gasteiger charge is 2.36. The number of rotatable bonds is 4. The van der Waals surface area contributed by atoms with E-state index >= 15 is 0 Å². The molecule has 18 heavy (non-hydrogen) atoms. The van der Waals surface area contributed by atoms with E-state index in [0.717, 1.165) is 38.6 Å². The first-order valence-electron chi connectivity index (χ1n) is 7.56. The summed E-state index contributed by atoms with van der Waals surface area (Å²) in [6, 6.07) is 0.929. The van der Waals surface area contributed by atoms with Crippen molar-refractivity contribution in [1.29, 1.82) is 0 Å². The second-order valence-electron chi connectivity index (χ2n) is 6.36. The van der Waals surface area contributed by atoms with Crippen molar-refractivity contribution in [3.05, 3.63) is 0 Å². The van der Waals surface area contributed by atoms with E-state index in [1.807, 2.05) is 0 Å². The summed E-state index contributed by atoms with van der Waals surface area (Å²) in [5.41, 5.74) is 6.38. The number of nitrogens with zero attached hydrogens (tertiary/aromatic N) is 2. The van der Waals surface area contributed by atoms with Crippen molar-refractivity contribution in [2.75, 3.05) is 52.5 Å². The average molecular weight is 253 g/mol. The third-order valence-electron chi connectivity index (χ3n) is 5.02. The summed E-state index contributed by atoms with van der Waals surface area (Å²) in [6.07, 6.45) is 5.16. The second kappa shape index (κ2) is 5.45. The lowest BCUT2D eigenvalue weighted by Gasteiger charge is -2.43. The van der Waals surface area contributed by atoms with Gasteiger partial charge in [0.15, 0.2) is 0 Å². The molecule has 2 heterocycles. The van der Waals surface area contributed by atoms with Gasteiger partial charge in [-0.15, -0.1) is 0 Å². The zero-order valence-corrected chi connectivity index (χ0v) is 11.4. The molecule has 0 aromatic rings. The van der Waals surface area contributed by atoms with Crippen molar-refractivity contribution in [1.82, 2.24) is 9.80 Å². The van der Waals surface area contributed by atoms with Gasteiger partial charge in [0.2, 0.25) is 0 Å². The summed E-state index contributed by atoms with van der Waals surface area (Å²) >= 11 is 0. The summed E-state index contributed by atoms with van der Waals surface area (Å²) in [4.78, 5) is 5.31. The molecule has 0 amide bonds. The van der Waals surface area contributed by atoms with Gasteiger partial charge in [-0.3, -0.25) is 4.90 Å². The van der Waals surface area contributed by atoms with Crippen LogP contribution >= 0.6 is 0 Å². The molecule has 3 fully saturated rings. The molecule has 0 bridgehead atoms. The number of piperazine rings is 1. The molecule has 4 heteroatoms. The van der Waals surface area contributed by atoms with Crippen LogP contribution in [0.3, 0.4) is 0 Å². The van der Waals surface area contributed by atoms with Crippen molar-refractivity contribution >= 4 is 0 Å². The molecule has 0 unspecified atom stereocenters. The molecule has 0 spiro atoms. The molecule has 0 aromatic heterocycles. The zero-order valence-electron chi connectivity index (χ0n) is 11.4. The van der Waals surface area contributed by atoms with Gasteiger partial charge >= 0.3 is 0 Å². The molecule has 3 rings (SSSR count). The summed E-state index contributed by atoms with van der Waals surface area (Å²) in [5, 5.41) is 0. The topological polar surface area (TPSA) is 41.7 Å². The number of hydrogen-bond acceptors (Lipinski definition) is 4. The monoisotopic (exact) mass is 253 g/mol. The van der Waals surface area contributed by atoms with Crippen LogP contribution in [0.15, 0.2) is 0 Å². The Bertz CT molecular complexity index is 266. The largest absolute Gasteiger partial charge is 0.381 e. The molecule has 0 atom stereocenters. The molecule has 1 saturated carbocycles. The Hall–Kier alpha value is -0.160. The van der Waals surface area contributed by atoms with Gasteiger partial charge in [-0.2, -0.15) is 0 Å². The molecule has 2 saturated heterocycles. The zero-order chi connectivity index (χ0) is 12.4. The highest BCUT2D eigenvalue weighted by atomic mass is 16.5. The highest BCUT2D eigenvalue weighted by molar-refractivity contribution is 4.91. The fourth-order valence-corrected chi connectivity index (χ4v) is 3.43. The molecule has 1 aliphatic carbocycles. The highest BCUT2D eigenvalue weighted by Crippen LogP contribution is 2.32. The van der Waals surface area contributed by atoms with E-state index < -0.39 is 0 Å². The van der Waals surface area contributed by atoms with Crippen LogP contribution in [0.1, 0.15) is 25.7 Å². The van der Waals surface area contributed by atoms with E-state index in [-0.39, 0.29) is 0 Å². The van der Waals surface area contributed by atoms with Crippen LogP contribution < -0.4 is 5.73 Å². The Labute approximate surface area is 110 Å². The van der Waals surface area contributed by atoms with E-state index in [9.17, 15) is 0 Å². The Morgan fingerprint density at radius 1 is 1.06 bits per heavy atom. The third-order valence-corrected chi connectivity index (χ3v) is 5.02. The maximum Gasteiger partial charge on any atom is 0.0472 e. The molecule has 2 aliphatic heterocycles. The van der Waals surface area contributed by atoms with Crippen LogP contribution in [-0.4, -0.2) is 68.3 Å². The standard InChI is InChI=1S/C14H27N3O/c15-11-14(3-9-18-10-4-14)12-16-5-7-17(8-6-16)13-1-2-13/h13H,1-12,15H2. The molecular weight excluding hydrogens is 226 g/mol. The molecule has 0 radical (unpaired) electrons. The van der Waals surface area contributed by atoms with Crippen LogP contribution in [0.2, 0.25) is 0 Å². The smallest absolute Gasteiger partial charge is 0.0472 e. The number of hydrogen-bond donors (Lipinski definition) is 1. The van der Waals surface area contributed by atoms with Crippen molar-refractivity contribution in [3.63, 3.8) is 0 Å². The SMILES string of the molecule is NCC1(CN2CCN(C3CC3)CC2)CCOCC1. The van der Waals surface area contributed by atoms with E-state index in [4.69, 9.17) is 10.5 Å². The lowest BCUT2D eigenvalue weighted by molar-refractivity contribution is -0.00881. The minimum Gasteiger partial charge on any atom is -0.381 e. The van der Waals surface area contributed by atoms with E-state index in [2.05, 4.69) is 9.80 Å². The van der Waals surface area contributed by atoms with Gasteiger partial charge in [0.05, 0.1) is 0 Å². The number of nitrogens with two attached hydrogens (primary N) is 1. The summed E-state index contributed by atoms with van der Waals surface area (Å²) < 4.78 is 5.49. The average Bonchev–Trinajstić information content (AvgIpc) is 3.25. The molecule has 4 nitrogen and oxygen atoms in total. The Kier molecular flexibility index (Phi) is 3.89. The van der Waals surface area contributed by atoms with Gasteiger partial charge in [0.1, 0.15) is 0 Å². The molecule has 104 valence electrons. The van der Waals surface area contributed by atoms with Crippen molar-refractivity contribution in [2.24, 2.45) is 11.1 Å². The first-order chi connectivity index (χ1) is 8.81. The lowest BCUT2D eigenvalue weighted by atomic mass is 9.79. The van der Waals surface area contributed by atoms with Crippen molar-refractivity contribution < 1.29 is 4.74 Å². The Morgan fingerprint density at radius 3 is 2.28 bits per heavy atom. The van der Waals surface area contributed by atoms with Crippen LogP contribution in [-0.2, 0) is 4.74 Å². The van der Waals surface area contributed by atoms with Crippen LogP contribution in [0.25, 0.3) is 0 Å². The van der Waals surface area contributed by atoms with Gasteiger partial charge in [-0.1, -0.05) is 0 Å². The molecule has 3 aliphatic rings. The van der Waals surface area contributed by atoms with Crippen LogP contribution in [0.4, 0.5) is 0 Å². The van der Waals surface area contributed by atoms with Gasteiger partial charge in [-0.05, 0) is 37.6 Å². The third kappa shape index (κ3) is 2.87. The molecule has 2 N–H and O–H groups in total.